The lowest BCUT2D eigenvalue weighted by molar-refractivity contribution is 0.0944. The third kappa shape index (κ3) is 6.68. The quantitative estimate of drug-likeness (QED) is 0.535. The van der Waals surface area contributed by atoms with Crippen molar-refractivity contribution in [3.8, 4) is 5.75 Å². The maximum Gasteiger partial charge on any atom is 0.138 e. The van der Waals surface area contributed by atoms with Gasteiger partial charge in [-0.15, -0.1) is 0 Å². The van der Waals surface area contributed by atoms with E-state index in [9.17, 15) is 0 Å². The number of aliphatic imine (C=N–C) groups is 1. The van der Waals surface area contributed by atoms with Crippen molar-refractivity contribution in [3.63, 3.8) is 0 Å². The summed E-state index contributed by atoms with van der Waals surface area (Å²) < 4.78 is 12.6. The normalized spacial score (nSPS) is 13.0. The number of hydrogen-bond acceptors (Lipinski definition) is 5. The lowest BCUT2D eigenvalue weighted by atomic mass is 10.2. The Morgan fingerprint density at radius 3 is 2.92 bits per heavy atom. The van der Waals surface area contributed by atoms with Gasteiger partial charge in [0.15, 0.2) is 0 Å². The Balaban J connectivity index is 1.98. The molecule has 0 fully saturated rings. The molecule has 2 rings (SSSR count). The van der Waals surface area contributed by atoms with Crippen molar-refractivity contribution >= 4 is 28.2 Å². The van der Waals surface area contributed by atoms with Gasteiger partial charge in [0, 0.05) is 17.7 Å². The number of rotatable bonds is 8. The summed E-state index contributed by atoms with van der Waals surface area (Å²) in [5.41, 5.74) is 1.72. The van der Waals surface area contributed by atoms with Crippen LogP contribution < -0.4 is 4.74 Å². The first-order valence-electron chi connectivity index (χ1n) is 7.84. The van der Waals surface area contributed by atoms with Crippen molar-refractivity contribution in [3.05, 3.63) is 64.1 Å². The SMILES string of the molecule is CN=C/C(=C\c1cccc(Br)c1)OC(C)COc1cncc(CO)c1. The van der Waals surface area contributed by atoms with Crippen molar-refractivity contribution in [2.24, 2.45) is 4.99 Å². The molecule has 1 unspecified atom stereocenters. The molecule has 132 valence electrons. The summed E-state index contributed by atoms with van der Waals surface area (Å²) >= 11 is 3.46. The van der Waals surface area contributed by atoms with Gasteiger partial charge in [-0.3, -0.25) is 9.98 Å². The number of pyridine rings is 1. The molecule has 2 aromatic rings. The summed E-state index contributed by atoms with van der Waals surface area (Å²) in [6, 6.07) is 9.68. The Labute approximate surface area is 156 Å². The molecule has 6 heteroatoms. The van der Waals surface area contributed by atoms with Gasteiger partial charge in [-0.25, -0.2) is 0 Å². The summed E-state index contributed by atoms with van der Waals surface area (Å²) in [6.45, 7) is 2.20. The van der Waals surface area contributed by atoms with Crippen LogP contribution in [-0.4, -0.2) is 36.1 Å². The van der Waals surface area contributed by atoms with Crippen LogP contribution in [0, 0.1) is 0 Å². The second kappa shape index (κ2) is 9.96. The summed E-state index contributed by atoms with van der Waals surface area (Å²) in [4.78, 5) is 8.07. The molecule has 0 saturated carbocycles. The van der Waals surface area contributed by atoms with E-state index in [0.717, 1.165) is 10.0 Å². The predicted molar refractivity (Wildman–Crippen MR) is 103 cm³/mol. The van der Waals surface area contributed by atoms with Gasteiger partial charge in [0.25, 0.3) is 0 Å². The Morgan fingerprint density at radius 1 is 1.36 bits per heavy atom. The first-order valence-corrected chi connectivity index (χ1v) is 8.63. The Hall–Kier alpha value is -2.18. The smallest absolute Gasteiger partial charge is 0.138 e. The minimum Gasteiger partial charge on any atom is -0.488 e. The van der Waals surface area contributed by atoms with Crippen LogP contribution >= 0.6 is 15.9 Å². The van der Waals surface area contributed by atoms with E-state index in [4.69, 9.17) is 14.6 Å². The third-order valence-corrected chi connectivity index (χ3v) is 3.68. The molecule has 0 spiro atoms. The maximum atomic E-state index is 9.13. The fraction of sp³-hybridized carbons (Fsp3) is 0.263. The van der Waals surface area contributed by atoms with Crippen LogP contribution in [0.1, 0.15) is 18.1 Å². The van der Waals surface area contributed by atoms with Gasteiger partial charge < -0.3 is 14.6 Å². The number of aliphatic hydroxyl groups is 1. The highest BCUT2D eigenvalue weighted by Gasteiger charge is 2.07. The number of ether oxygens (including phenoxy) is 2. The molecule has 0 bridgehead atoms. The molecule has 1 N–H and O–H groups in total. The number of hydrogen-bond donors (Lipinski definition) is 1. The molecule has 1 aromatic carbocycles. The average Bonchev–Trinajstić information content (AvgIpc) is 2.60. The maximum absolute atomic E-state index is 9.13. The van der Waals surface area contributed by atoms with Crippen molar-refractivity contribution in [2.45, 2.75) is 19.6 Å². The van der Waals surface area contributed by atoms with Crippen LogP contribution in [0.2, 0.25) is 0 Å². The van der Waals surface area contributed by atoms with Gasteiger partial charge in [0.1, 0.15) is 24.2 Å². The van der Waals surface area contributed by atoms with Crippen molar-refractivity contribution in [2.75, 3.05) is 13.7 Å². The summed E-state index contributed by atoms with van der Waals surface area (Å²) in [5.74, 6) is 1.25. The van der Waals surface area contributed by atoms with E-state index in [1.165, 1.54) is 0 Å². The molecule has 1 aromatic heterocycles. The van der Waals surface area contributed by atoms with Crippen LogP contribution in [0.5, 0.6) is 5.75 Å². The minimum absolute atomic E-state index is 0.0667. The lowest BCUT2D eigenvalue weighted by Crippen LogP contribution is -2.18. The molecule has 0 saturated heterocycles. The van der Waals surface area contributed by atoms with E-state index in [2.05, 4.69) is 25.9 Å². The molecule has 0 aliphatic rings. The van der Waals surface area contributed by atoms with E-state index < -0.39 is 0 Å². The fourth-order valence-electron chi connectivity index (χ4n) is 2.10. The van der Waals surface area contributed by atoms with Crippen molar-refractivity contribution in [1.29, 1.82) is 0 Å². The highest BCUT2D eigenvalue weighted by molar-refractivity contribution is 9.10. The zero-order valence-corrected chi connectivity index (χ0v) is 15.8. The largest absolute Gasteiger partial charge is 0.488 e. The molecule has 0 radical (unpaired) electrons. The van der Waals surface area contributed by atoms with Crippen molar-refractivity contribution in [1.82, 2.24) is 4.98 Å². The Kier molecular flexibility index (Phi) is 7.63. The van der Waals surface area contributed by atoms with Gasteiger partial charge in [-0.05, 0) is 42.3 Å². The topological polar surface area (TPSA) is 63.9 Å². The van der Waals surface area contributed by atoms with E-state index in [-0.39, 0.29) is 12.7 Å². The van der Waals surface area contributed by atoms with E-state index in [0.29, 0.717) is 23.7 Å². The molecule has 5 nitrogen and oxygen atoms in total. The highest BCUT2D eigenvalue weighted by atomic mass is 79.9. The van der Waals surface area contributed by atoms with Gasteiger partial charge in [-0.2, -0.15) is 0 Å². The van der Waals surface area contributed by atoms with Gasteiger partial charge in [0.2, 0.25) is 0 Å². The number of allylic oxidation sites excluding steroid dienone is 1. The molecular weight excluding hydrogens is 384 g/mol. The van der Waals surface area contributed by atoms with Crippen LogP contribution in [0.4, 0.5) is 0 Å². The number of aromatic nitrogens is 1. The number of aliphatic hydroxyl groups excluding tert-OH is 1. The molecule has 0 amide bonds. The van der Waals surface area contributed by atoms with E-state index in [1.54, 1.807) is 31.7 Å². The van der Waals surface area contributed by atoms with Gasteiger partial charge in [-0.1, -0.05) is 28.1 Å². The van der Waals surface area contributed by atoms with Crippen LogP contribution in [-0.2, 0) is 11.3 Å². The third-order valence-electron chi connectivity index (χ3n) is 3.19. The zero-order valence-electron chi connectivity index (χ0n) is 14.2. The predicted octanol–water partition coefficient (Wildman–Crippen LogP) is 3.86. The van der Waals surface area contributed by atoms with Crippen LogP contribution in [0.25, 0.3) is 6.08 Å². The lowest BCUT2D eigenvalue weighted by Gasteiger charge is -2.16. The fourth-order valence-corrected chi connectivity index (χ4v) is 2.52. The first kappa shape index (κ1) is 19.1. The first-order chi connectivity index (χ1) is 12.1. The van der Waals surface area contributed by atoms with Crippen LogP contribution in [0.3, 0.4) is 0 Å². The minimum atomic E-state index is -0.186. The number of benzene rings is 1. The Morgan fingerprint density at radius 2 is 2.20 bits per heavy atom. The molecule has 25 heavy (non-hydrogen) atoms. The summed E-state index contributed by atoms with van der Waals surface area (Å²) in [6.07, 6.45) is 6.61. The second-order valence-corrected chi connectivity index (χ2v) is 6.33. The average molecular weight is 405 g/mol. The summed E-state index contributed by atoms with van der Waals surface area (Å²) in [7, 11) is 1.70. The summed E-state index contributed by atoms with van der Waals surface area (Å²) in [5, 5.41) is 9.13. The second-order valence-electron chi connectivity index (χ2n) is 5.42. The molecule has 1 heterocycles. The highest BCUT2D eigenvalue weighted by Crippen LogP contribution is 2.16. The molecular formula is C19H21BrN2O3. The van der Waals surface area contributed by atoms with Gasteiger partial charge >= 0.3 is 0 Å². The molecule has 0 aliphatic heterocycles. The standard InChI is InChI=1S/C19H21BrN2O3/c1-14(13-24-18-8-16(12-23)9-22-11-18)25-19(10-21-2)7-15-4-3-5-17(20)6-15/h3-11,14,23H,12-13H2,1-2H3/b19-7+,21-10?. The monoisotopic (exact) mass is 404 g/mol. The van der Waals surface area contributed by atoms with E-state index >= 15 is 0 Å². The number of halogens is 1. The Bertz CT molecular complexity index is 747. The van der Waals surface area contributed by atoms with E-state index in [1.807, 2.05) is 37.3 Å². The number of nitrogens with zero attached hydrogens (tertiary/aromatic N) is 2. The zero-order chi connectivity index (χ0) is 18.1. The molecule has 0 aliphatic carbocycles. The molecule has 1 atom stereocenters. The van der Waals surface area contributed by atoms with Crippen LogP contribution in [0.15, 0.2) is 57.9 Å². The van der Waals surface area contributed by atoms with Gasteiger partial charge in [0.05, 0.1) is 19.0 Å². The van der Waals surface area contributed by atoms with Crippen molar-refractivity contribution < 1.29 is 14.6 Å².